The van der Waals surface area contributed by atoms with Crippen molar-refractivity contribution in [3.05, 3.63) is 12.7 Å². The Bertz CT molecular complexity index is 130. The van der Waals surface area contributed by atoms with Crippen LogP contribution in [0, 0.1) is 0 Å². The van der Waals surface area contributed by atoms with Crippen molar-refractivity contribution < 1.29 is 0 Å². The molecule has 0 bridgehead atoms. The van der Waals surface area contributed by atoms with Crippen molar-refractivity contribution in [2.24, 2.45) is 0 Å². The minimum Gasteiger partial charge on any atom is -0.314 e. The van der Waals surface area contributed by atoms with E-state index in [1.165, 1.54) is 0 Å². The number of hydrogen-bond acceptors (Lipinski definition) is 2. The second-order valence-electron chi connectivity index (χ2n) is 3.75. The lowest BCUT2D eigenvalue weighted by atomic mass is 10.1. The molecule has 0 atom stereocenters. The molecule has 0 aliphatic heterocycles. The summed E-state index contributed by atoms with van der Waals surface area (Å²) in [6.45, 7) is 13.4. The summed E-state index contributed by atoms with van der Waals surface area (Å²) >= 11 is 0. The number of nitrogens with one attached hydrogen (secondary N) is 1. The first-order chi connectivity index (χ1) is 5.55. The summed E-state index contributed by atoms with van der Waals surface area (Å²) in [5.41, 5.74) is 0.193. The summed E-state index contributed by atoms with van der Waals surface area (Å²) in [5, 5.41) is 3.29. The predicted molar refractivity (Wildman–Crippen MR) is 55.4 cm³/mol. The van der Waals surface area contributed by atoms with Gasteiger partial charge in [0.25, 0.3) is 0 Å². The standard InChI is InChI=1S/C10H22N2/c1-6-8-12(7-2)9-10(3,4)11-5/h6,11H,1,7-9H2,2-5H3. The Morgan fingerprint density at radius 3 is 2.42 bits per heavy atom. The Morgan fingerprint density at radius 2 is 2.08 bits per heavy atom. The van der Waals surface area contributed by atoms with Crippen LogP contribution in [-0.2, 0) is 0 Å². The van der Waals surface area contributed by atoms with E-state index in [1.807, 2.05) is 13.1 Å². The molecule has 2 nitrogen and oxygen atoms in total. The third-order valence-corrected chi connectivity index (χ3v) is 2.13. The average Bonchev–Trinajstić information content (AvgIpc) is 2.03. The van der Waals surface area contributed by atoms with E-state index in [9.17, 15) is 0 Å². The van der Waals surface area contributed by atoms with E-state index in [2.05, 4.69) is 37.6 Å². The Hall–Kier alpha value is -0.340. The molecule has 0 saturated heterocycles. The third-order valence-electron chi connectivity index (χ3n) is 2.13. The van der Waals surface area contributed by atoms with Gasteiger partial charge in [-0.1, -0.05) is 13.0 Å². The minimum atomic E-state index is 0.193. The lowest BCUT2D eigenvalue weighted by Gasteiger charge is -2.31. The van der Waals surface area contributed by atoms with Crippen molar-refractivity contribution in [2.45, 2.75) is 26.3 Å². The van der Waals surface area contributed by atoms with Gasteiger partial charge in [0.05, 0.1) is 0 Å². The Balaban J connectivity index is 3.91. The highest BCUT2D eigenvalue weighted by Gasteiger charge is 2.17. The Morgan fingerprint density at radius 1 is 1.50 bits per heavy atom. The molecule has 0 amide bonds. The molecule has 0 spiro atoms. The predicted octanol–water partition coefficient (Wildman–Crippen LogP) is 1.49. The summed E-state index contributed by atoms with van der Waals surface area (Å²) in [6, 6.07) is 0. The van der Waals surface area contributed by atoms with E-state index in [0.717, 1.165) is 19.6 Å². The van der Waals surface area contributed by atoms with Gasteiger partial charge in [-0.2, -0.15) is 0 Å². The van der Waals surface area contributed by atoms with Gasteiger partial charge in [0.15, 0.2) is 0 Å². The fourth-order valence-corrected chi connectivity index (χ4v) is 1.13. The van der Waals surface area contributed by atoms with Crippen LogP contribution in [-0.4, -0.2) is 37.1 Å². The van der Waals surface area contributed by atoms with E-state index < -0.39 is 0 Å². The molecule has 0 radical (unpaired) electrons. The zero-order valence-corrected chi connectivity index (χ0v) is 8.85. The second kappa shape index (κ2) is 5.33. The molecule has 72 valence electrons. The number of nitrogens with zero attached hydrogens (tertiary/aromatic N) is 1. The molecular weight excluding hydrogens is 148 g/mol. The van der Waals surface area contributed by atoms with Crippen molar-refractivity contribution in [1.82, 2.24) is 10.2 Å². The van der Waals surface area contributed by atoms with Crippen molar-refractivity contribution in [1.29, 1.82) is 0 Å². The van der Waals surface area contributed by atoms with Crippen LogP contribution in [0.3, 0.4) is 0 Å². The van der Waals surface area contributed by atoms with Gasteiger partial charge < -0.3 is 5.32 Å². The molecule has 0 saturated carbocycles. The van der Waals surface area contributed by atoms with Gasteiger partial charge in [-0.05, 0) is 27.4 Å². The van der Waals surface area contributed by atoms with Gasteiger partial charge >= 0.3 is 0 Å². The van der Waals surface area contributed by atoms with Crippen molar-refractivity contribution in [2.75, 3.05) is 26.7 Å². The van der Waals surface area contributed by atoms with Crippen LogP contribution < -0.4 is 5.32 Å². The van der Waals surface area contributed by atoms with Crippen molar-refractivity contribution >= 4 is 0 Å². The summed E-state index contributed by atoms with van der Waals surface area (Å²) in [4.78, 5) is 2.36. The fourth-order valence-electron chi connectivity index (χ4n) is 1.13. The van der Waals surface area contributed by atoms with Gasteiger partial charge in [-0.25, -0.2) is 0 Å². The van der Waals surface area contributed by atoms with Gasteiger partial charge in [-0.3, -0.25) is 4.90 Å². The van der Waals surface area contributed by atoms with Gasteiger partial charge in [0, 0.05) is 18.6 Å². The smallest absolute Gasteiger partial charge is 0.0249 e. The SMILES string of the molecule is C=CCN(CC)CC(C)(C)NC. The minimum absolute atomic E-state index is 0.193. The summed E-state index contributed by atoms with van der Waals surface area (Å²) < 4.78 is 0. The van der Waals surface area contributed by atoms with E-state index in [0.29, 0.717) is 0 Å². The third kappa shape index (κ3) is 4.52. The number of rotatable bonds is 6. The first-order valence-corrected chi connectivity index (χ1v) is 4.58. The summed E-state index contributed by atoms with van der Waals surface area (Å²) in [7, 11) is 2.00. The summed E-state index contributed by atoms with van der Waals surface area (Å²) in [6.07, 6.45) is 1.95. The van der Waals surface area contributed by atoms with Crippen LogP contribution in [0.5, 0.6) is 0 Å². The maximum Gasteiger partial charge on any atom is 0.0249 e. The fraction of sp³-hybridized carbons (Fsp3) is 0.800. The zero-order valence-electron chi connectivity index (χ0n) is 8.85. The van der Waals surface area contributed by atoms with Gasteiger partial charge in [0.2, 0.25) is 0 Å². The van der Waals surface area contributed by atoms with Crippen LogP contribution in [0.15, 0.2) is 12.7 Å². The van der Waals surface area contributed by atoms with E-state index in [-0.39, 0.29) is 5.54 Å². The molecule has 0 rings (SSSR count). The first-order valence-electron chi connectivity index (χ1n) is 4.58. The van der Waals surface area contributed by atoms with Crippen LogP contribution in [0.4, 0.5) is 0 Å². The van der Waals surface area contributed by atoms with Crippen molar-refractivity contribution in [3.63, 3.8) is 0 Å². The summed E-state index contributed by atoms with van der Waals surface area (Å²) in [5.74, 6) is 0. The molecular formula is C10H22N2. The van der Waals surface area contributed by atoms with Crippen molar-refractivity contribution in [3.8, 4) is 0 Å². The second-order valence-corrected chi connectivity index (χ2v) is 3.75. The maximum absolute atomic E-state index is 3.74. The maximum atomic E-state index is 3.74. The van der Waals surface area contributed by atoms with E-state index in [1.54, 1.807) is 0 Å². The highest BCUT2D eigenvalue weighted by Crippen LogP contribution is 2.04. The molecule has 0 aromatic heterocycles. The van der Waals surface area contributed by atoms with Crippen LogP contribution in [0.1, 0.15) is 20.8 Å². The molecule has 0 aromatic carbocycles. The normalized spacial score (nSPS) is 12.1. The number of hydrogen-bond donors (Lipinski definition) is 1. The molecule has 0 unspecified atom stereocenters. The van der Waals surface area contributed by atoms with E-state index >= 15 is 0 Å². The molecule has 0 heterocycles. The van der Waals surface area contributed by atoms with E-state index in [4.69, 9.17) is 0 Å². The monoisotopic (exact) mass is 170 g/mol. The highest BCUT2D eigenvalue weighted by atomic mass is 15.1. The quantitative estimate of drug-likeness (QED) is 0.608. The van der Waals surface area contributed by atoms with Crippen LogP contribution in [0.2, 0.25) is 0 Å². The zero-order chi connectivity index (χ0) is 9.61. The molecule has 0 aromatic rings. The lowest BCUT2D eigenvalue weighted by molar-refractivity contribution is 0.234. The molecule has 2 heteroatoms. The number of likely N-dealkylation sites (N-methyl/N-ethyl adjacent to an activating group) is 2. The van der Waals surface area contributed by atoms with Crippen LogP contribution >= 0.6 is 0 Å². The topological polar surface area (TPSA) is 15.3 Å². The molecule has 0 aliphatic carbocycles. The molecule has 0 aliphatic rings. The molecule has 0 fully saturated rings. The average molecular weight is 170 g/mol. The highest BCUT2D eigenvalue weighted by molar-refractivity contribution is 4.82. The molecule has 1 N–H and O–H groups in total. The van der Waals surface area contributed by atoms with Crippen LogP contribution in [0.25, 0.3) is 0 Å². The Kier molecular flexibility index (Phi) is 5.18. The lowest BCUT2D eigenvalue weighted by Crippen LogP contribution is -2.47. The largest absolute Gasteiger partial charge is 0.314 e. The van der Waals surface area contributed by atoms with Gasteiger partial charge in [-0.15, -0.1) is 6.58 Å². The molecule has 12 heavy (non-hydrogen) atoms. The first kappa shape index (κ1) is 11.7. The van der Waals surface area contributed by atoms with Gasteiger partial charge in [0.1, 0.15) is 0 Å². The Labute approximate surface area is 76.6 Å².